The average Bonchev–Trinajstić information content (AvgIpc) is 3.08. The van der Waals surface area contributed by atoms with Gasteiger partial charge in [-0.15, -0.1) is 0 Å². The van der Waals surface area contributed by atoms with Crippen LogP contribution in [-0.4, -0.2) is 26.6 Å². The van der Waals surface area contributed by atoms with Crippen molar-refractivity contribution < 1.29 is 9.59 Å². The number of primary amides is 1. The van der Waals surface area contributed by atoms with Crippen molar-refractivity contribution in [2.75, 3.05) is 5.32 Å². The molecule has 2 amide bonds. The fourth-order valence-corrected chi connectivity index (χ4v) is 2.27. The van der Waals surface area contributed by atoms with Crippen LogP contribution in [-0.2, 0) is 6.54 Å². The fraction of sp³-hybridized carbons (Fsp3) is 0.0588. The van der Waals surface area contributed by atoms with Crippen LogP contribution in [0.2, 0.25) is 0 Å². The van der Waals surface area contributed by atoms with Gasteiger partial charge in [-0.1, -0.05) is 18.2 Å². The van der Waals surface area contributed by atoms with Gasteiger partial charge in [0.25, 0.3) is 5.91 Å². The lowest BCUT2D eigenvalue weighted by Gasteiger charge is -2.08. The molecular formula is C17H15N5O2. The lowest BCUT2D eigenvalue weighted by atomic mass is 10.1. The summed E-state index contributed by atoms with van der Waals surface area (Å²) in [6.45, 7) is 0.556. The highest BCUT2D eigenvalue weighted by molar-refractivity contribution is 6.06. The van der Waals surface area contributed by atoms with Crippen LogP contribution in [0.1, 0.15) is 26.3 Å². The Labute approximate surface area is 138 Å². The molecule has 0 bridgehead atoms. The van der Waals surface area contributed by atoms with Crippen molar-refractivity contribution in [2.45, 2.75) is 6.54 Å². The molecule has 0 aliphatic carbocycles. The number of benzene rings is 2. The van der Waals surface area contributed by atoms with Gasteiger partial charge >= 0.3 is 0 Å². The summed E-state index contributed by atoms with van der Waals surface area (Å²) in [4.78, 5) is 27.4. The van der Waals surface area contributed by atoms with E-state index in [1.807, 2.05) is 18.2 Å². The summed E-state index contributed by atoms with van der Waals surface area (Å²) >= 11 is 0. The summed E-state index contributed by atoms with van der Waals surface area (Å²) in [5.41, 5.74) is 7.53. The minimum Gasteiger partial charge on any atom is -0.366 e. The number of nitrogens with one attached hydrogen (secondary N) is 1. The van der Waals surface area contributed by atoms with Crippen molar-refractivity contribution >= 4 is 17.5 Å². The molecule has 2 aromatic carbocycles. The number of amides is 2. The minimum atomic E-state index is -0.570. The Morgan fingerprint density at radius 2 is 1.88 bits per heavy atom. The number of anilines is 1. The van der Waals surface area contributed by atoms with Gasteiger partial charge in [-0.2, -0.15) is 5.10 Å². The Bertz CT molecular complexity index is 874. The first-order valence-electron chi connectivity index (χ1n) is 7.24. The number of hydrogen-bond donors (Lipinski definition) is 2. The molecule has 24 heavy (non-hydrogen) atoms. The topological polar surface area (TPSA) is 103 Å². The quantitative estimate of drug-likeness (QED) is 0.746. The number of rotatable bonds is 5. The summed E-state index contributed by atoms with van der Waals surface area (Å²) in [6, 6.07) is 13.7. The maximum Gasteiger partial charge on any atom is 0.255 e. The van der Waals surface area contributed by atoms with E-state index < -0.39 is 5.91 Å². The van der Waals surface area contributed by atoms with Crippen LogP contribution in [0, 0.1) is 0 Å². The molecule has 0 spiro atoms. The van der Waals surface area contributed by atoms with Gasteiger partial charge in [0.1, 0.15) is 12.7 Å². The molecular weight excluding hydrogens is 306 g/mol. The van der Waals surface area contributed by atoms with Crippen molar-refractivity contribution in [2.24, 2.45) is 5.73 Å². The standard InChI is InChI=1S/C17H15N5O2/c18-16(23)13-4-2-5-14(8-13)17(24)21-15-6-1-3-12(7-15)9-22-11-19-10-20-22/h1-8,10-11H,9H2,(H2,18,23)(H,21,24). The third-order valence-electron chi connectivity index (χ3n) is 3.41. The highest BCUT2D eigenvalue weighted by atomic mass is 16.2. The van der Waals surface area contributed by atoms with E-state index >= 15 is 0 Å². The van der Waals surface area contributed by atoms with E-state index in [2.05, 4.69) is 15.4 Å². The molecule has 0 unspecified atom stereocenters. The summed E-state index contributed by atoms with van der Waals surface area (Å²) in [7, 11) is 0. The van der Waals surface area contributed by atoms with Crippen LogP contribution in [0.15, 0.2) is 61.2 Å². The average molecular weight is 321 g/mol. The normalized spacial score (nSPS) is 10.3. The second-order valence-corrected chi connectivity index (χ2v) is 5.19. The van der Waals surface area contributed by atoms with Gasteiger partial charge in [-0.25, -0.2) is 9.67 Å². The zero-order valence-corrected chi connectivity index (χ0v) is 12.7. The van der Waals surface area contributed by atoms with Crippen molar-refractivity contribution in [1.82, 2.24) is 14.8 Å². The molecule has 0 aliphatic heterocycles. The van der Waals surface area contributed by atoms with Crippen LogP contribution >= 0.6 is 0 Å². The van der Waals surface area contributed by atoms with Gasteiger partial charge in [0.2, 0.25) is 5.91 Å². The molecule has 7 heteroatoms. The molecule has 0 saturated carbocycles. The maximum absolute atomic E-state index is 12.3. The van der Waals surface area contributed by atoms with Crippen molar-refractivity contribution in [3.8, 4) is 0 Å². The highest BCUT2D eigenvalue weighted by Gasteiger charge is 2.09. The Balaban J connectivity index is 1.74. The largest absolute Gasteiger partial charge is 0.366 e. The number of carbonyl (C=O) groups is 2. The van der Waals surface area contributed by atoms with E-state index in [1.165, 1.54) is 12.4 Å². The molecule has 0 radical (unpaired) electrons. The van der Waals surface area contributed by atoms with E-state index in [4.69, 9.17) is 5.73 Å². The number of nitrogens with two attached hydrogens (primary N) is 1. The Kier molecular flexibility index (Phi) is 4.33. The fourth-order valence-electron chi connectivity index (χ4n) is 2.27. The van der Waals surface area contributed by atoms with Crippen molar-refractivity contribution in [3.05, 3.63) is 77.9 Å². The van der Waals surface area contributed by atoms with Gasteiger partial charge in [-0.05, 0) is 35.9 Å². The van der Waals surface area contributed by atoms with Gasteiger partial charge in [0, 0.05) is 16.8 Å². The van der Waals surface area contributed by atoms with Crippen LogP contribution in [0.4, 0.5) is 5.69 Å². The molecule has 0 atom stereocenters. The van der Waals surface area contributed by atoms with E-state index in [0.29, 0.717) is 23.4 Å². The van der Waals surface area contributed by atoms with E-state index in [-0.39, 0.29) is 5.91 Å². The third-order valence-corrected chi connectivity index (χ3v) is 3.41. The van der Waals surface area contributed by atoms with Crippen LogP contribution < -0.4 is 11.1 Å². The predicted molar refractivity (Wildman–Crippen MR) is 88.5 cm³/mol. The Hall–Kier alpha value is -3.48. The molecule has 3 rings (SSSR count). The van der Waals surface area contributed by atoms with Crippen LogP contribution in [0.25, 0.3) is 0 Å². The first kappa shape index (κ1) is 15.4. The lowest BCUT2D eigenvalue weighted by molar-refractivity contribution is 0.1000. The first-order valence-corrected chi connectivity index (χ1v) is 7.24. The maximum atomic E-state index is 12.3. The number of aromatic nitrogens is 3. The van der Waals surface area contributed by atoms with Gasteiger partial charge in [0.05, 0.1) is 6.54 Å². The molecule has 0 aliphatic rings. The second-order valence-electron chi connectivity index (χ2n) is 5.19. The summed E-state index contributed by atoms with van der Waals surface area (Å²) < 4.78 is 1.69. The smallest absolute Gasteiger partial charge is 0.255 e. The molecule has 0 saturated heterocycles. The van der Waals surface area contributed by atoms with E-state index in [9.17, 15) is 9.59 Å². The predicted octanol–water partition coefficient (Wildman–Crippen LogP) is 1.68. The SMILES string of the molecule is NC(=O)c1cccc(C(=O)Nc2cccc(Cn3cncn3)c2)c1. The summed E-state index contributed by atoms with van der Waals surface area (Å²) in [5, 5.41) is 6.86. The molecule has 120 valence electrons. The minimum absolute atomic E-state index is 0.294. The highest BCUT2D eigenvalue weighted by Crippen LogP contribution is 2.14. The zero-order chi connectivity index (χ0) is 16.9. The summed E-state index contributed by atoms with van der Waals surface area (Å²) in [6.07, 6.45) is 3.10. The zero-order valence-electron chi connectivity index (χ0n) is 12.7. The number of nitrogens with zero attached hydrogens (tertiary/aromatic N) is 3. The van der Waals surface area contributed by atoms with E-state index in [1.54, 1.807) is 35.3 Å². The van der Waals surface area contributed by atoms with Gasteiger partial charge < -0.3 is 11.1 Å². The third kappa shape index (κ3) is 3.64. The number of carbonyl (C=O) groups excluding carboxylic acids is 2. The van der Waals surface area contributed by atoms with Crippen molar-refractivity contribution in [1.29, 1.82) is 0 Å². The molecule has 1 heterocycles. The second kappa shape index (κ2) is 6.74. The molecule has 1 aromatic heterocycles. The van der Waals surface area contributed by atoms with Crippen molar-refractivity contribution in [3.63, 3.8) is 0 Å². The Morgan fingerprint density at radius 3 is 2.62 bits per heavy atom. The molecule has 0 fully saturated rings. The van der Waals surface area contributed by atoms with Crippen LogP contribution in [0.5, 0.6) is 0 Å². The Morgan fingerprint density at radius 1 is 1.08 bits per heavy atom. The van der Waals surface area contributed by atoms with E-state index in [0.717, 1.165) is 5.56 Å². The monoisotopic (exact) mass is 321 g/mol. The molecule has 3 aromatic rings. The first-order chi connectivity index (χ1) is 11.6. The summed E-state index contributed by atoms with van der Waals surface area (Å²) in [5.74, 6) is -0.879. The molecule has 7 nitrogen and oxygen atoms in total. The van der Waals surface area contributed by atoms with Gasteiger partial charge in [0.15, 0.2) is 0 Å². The van der Waals surface area contributed by atoms with Gasteiger partial charge in [-0.3, -0.25) is 9.59 Å². The lowest BCUT2D eigenvalue weighted by Crippen LogP contribution is -2.15. The molecule has 3 N–H and O–H groups in total. The number of hydrogen-bond acceptors (Lipinski definition) is 4. The van der Waals surface area contributed by atoms with Crippen LogP contribution in [0.3, 0.4) is 0 Å².